The van der Waals surface area contributed by atoms with Gasteiger partial charge in [-0.2, -0.15) is 0 Å². The Bertz CT molecular complexity index is 337. The predicted molar refractivity (Wildman–Crippen MR) is 53.8 cm³/mol. The van der Waals surface area contributed by atoms with E-state index in [0.717, 1.165) is 11.8 Å². The third-order valence-electron chi connectivity index (χ3n) is 1.38. The fraction of sp³-hybridized carbons (Fsp3) is 0.286. The largest absolute Gasteiger partial charge is 0.480 e. The Labute approximate surface area is 84.7 Å². The number of carboxylic acids is 1. The molecule has 76 valence electrons. The average molecular weight is 214 g/mol. The topological polar surface area (TPSA) is 115 Å². The van der Waals surface area contributed by atoms with Crippen molar-refractivity contribution in [1.82, 2.24) is 9.97 Å². The number of thioether (sulfide) groups is 1. The highest BCUT2D eigenvalue weighted by molar-refractivity contribution is 8.00. The average Bonchev–Trinajstić information content (AvgIpc) is 2.01. The first-order chi connectivity index (χ1) is 6.49. The Kier molecular flexibility index (Phi) is 3.13. The van der Waals surface area contributed by atoms with Crippen LogP contribution in [0.4, 0.5) is 11.6 Å². The molecule has 0 aliphatic carbocycles. The van der Waals surface area contributed by atoms with Crippen molar-refractivity contribution in [3.63, 3.8) is 0 Å². The van der Waals surface area contributed by atoms with Crippen LogP contribution >= 0.6 is 11.8 Å². The lowest BCUT2D eigenvalue weighted by Gasteiger charge is -2.05. The summed E-state index contributed by atoms with van der Waals surface area (Å²) < 4.78 is 0. The lowest BCUT2D eigenvalue weighted by Crippen LogP contribution is -2.12. The number of rotatable bonds is 3. The van der Waals surface area contributed by atoms with Gasteiger partial charge in [-0.15, -0.1) is 0 Å². The van der Waals surface area contributed by atoms with Crippen LogP contribution < -0.4 is 11.5 Å². The molecule has 0 fully saturated rings. The summed E-state index contributed by atoms with van der Waals surface area (Å²) in [4.78, 5) is 18.2. The maximum absolute atomic E-state index is 10.5. The first-order valence-corrected chi connectivity index (χ1v) is 4.66. The molecule has 0 amide bonds. The Balaban J connectivity index is 2.81. The molecule has 1 heterocycles. The molecule has 1 aromatic heterocycles. The van der Waals surface area contributed by atoms with E-state index in [4.69, 9.17) is 16.6 Å². The maximum Gasteiger partial charge on any atom is 0.316 e. The highest BCUT2D eigenvalue weighted by atomic mass is 32.2. The summed E-state index contributed by atoms with van der Waals surface area (Å²) in [6, 6.07) is 1.41. The molecule has 14 heavy (non-hydrogen) atoms. The molecular weight excluding hydrogens is 204 g/mol. The number of hydrogen-bond acceptors (Lipinski definition) is 6. The number of anilines is 2. The number of hydrogen-bond donors (Lipinski definition) is 3. The SMILES string of the molecule is C[C@H](Sc1nc(N)cc(N)n1)C(=O)O. The maximum atomic E-state index is 10.5. The third kappa shape index (κ3) is 2.77. The van der Waals surface area contributed by atoms with E-state index in [9.17, 15) is 4.79 Å². The summed E-state index contributed by atoms with van der Waals surface area (Å²) in [7, 11) is 0. The molecule has 0 unspecified atom stereocenters. The standard InChI is InChI=1S/C7H10N4O2S/c1-3(6(12)13)14-7-10-4(8)2-5(9)11-7/h2-3H,1H3,(H,12,13)(H4,8,9,10,11)/t3-/m0/s1. The van der Waals surface area contributed by atoms with Crippen LogP contribution in [0.15, 0.2) is 11.2 Å². The summed E-state index contributed by atoms with van der Waals surface area (Å²) in [6.45, 7) is 1.54. The molecule has 0 aromatic carbocycles. The monoisotopic (exact) mass is 214 g/mol. The van der Waals surface area contributed by atoms with Gasteiger partial charge >= 0.3 is 5.97 Å². The molecule has 0 saturated heterocycles. The second-order valence-corrected chi connectivity index (χ2v) is 3.91. The molecular formula is C7H10N4O2S. The number of carbonyl (C=O) groups is 1. The molecule has 1 rings (SSSR count). The molecule has 1 aromatic rings. The zero-order valence-electron chi connectivity index (χ0n) is 7.47. The van der Waals surface area contributed by atoms with Crippen molar-refractivity contribution in [2.24, 2.45) is 0 Å². The number of nitrogens with zero attached hydrogens (tertiary/aromatic N) is 2. The summed E-state index contributed by atoms with van der Waals surface area (Å²) >= 11 is 0.998. The van der Waals surface area contributed by atoms with E-state index in [2.05, 4.69) is 9.97 Å². The van der Waals surface area contributed by atoms with Gasteiger partial charge in [0, 0.05) is 6.07 Å². The second-order valence-electron chi connectivity index (χ2n) is 2.60. The minimum atomic E-state index is -0.931. The number of nitrogen functional groups attached to an aromatic ring is 2. The second kappa shape index (κ2) is 4.14. The van der Waals surface area contributed by atoms with E-state index in [-0.39, 0.29) is 16.8 Å². The van der Waals surface area contributed by atoms with Crippen LogP contribution in [0.1, 0.15) is 6.92 Å². The fourth-order valence-electron chi connectivity index (χ4n) is 0.723. The summed E-state index contributed by atoms with van der Waals surface area (Å²) in [6.07, 6.45) is 0. The van der Waals surface area contributed by atoms with E-state index in [1.54, 1.807) is 0 Å². The zero-order valence-corrected chi connectivity index (χ0v) is 8.28. The highest BCUT2D eigenvalue weighted by Crippen LogP contribution is 2.21. The first-order valence-electron chi connectivity index (χ1n) is 3.78. The van der Waals surface area contributed by atoms with Crippen molar-refractivity contribution in [3.05, 3.63) is 6.07 Å². The van der Waals surface area contributed by atoms with Crippen molar-refractivity contribution >= 4 is 29.4 Å². The van der Waals surface area contributed by atoms with Gasteiger partial charge < -0.3 is 16.6 Å². The summed E-state index contributed by atoms with van der Waals surface area (Å²) in [5.41, 5.74) is 10.8. The minimum Gasteiger partial charge on any atom is -0.480 e. The van der Waals surface area contributed by atoms with Crippen molar-refractivity contribution in [1.29, 1.82) is 0 Å². The highest BCUT2D eigenvalue weighted by Gasteiger charge is 2.14. The smallest absolute Gasteiger partial charge is 0.316 e. The van der Waals surface area contributed by atoms with Crippen LogP contribution in [0.2, 0.25) is 0 Å². The van der Waals surface area contributed by atoms with Crippen molar-refractivity contribution in [2.45, 2.75) is 17.3 Å². The van der Waals surface area contributed by atoms with Crippen LogP contribution in [0.3, 0.4) is 0 Å². The normalized spacial score (nSPS) is 12.4. The van der Waals surface area contributed by atoms with Crippen molar-refractivity contribution in [3.8, 4) is 0 Å². The van der Waals surface area contributed by atoms with Crippen molar-refractivity contribution in [2.75, 3.05) is 11.5 Å². The van der Waals surface area contributed by atoms with Gasteiger partial charge in [0.1, 0.15) is 16.9 Å². The van der Waals surface area contributed by atoms with Crippen LogP contribution in [0.5, 0.6) is 0 Å². The third-order valence-corrected chi connectivity index (χ3v) is 2.32. The van der Waals surface area contributed by atoms with Gasteiger partial charge in [0.2, 0.25) is 0 Å². The van der Waals surface area contributed by atoms with Gasteiger partial charge in [-0.25, -0.2) is 9.97 Å². The van der Waals surface area contributed by atoms with Gasteiger partial charge in [0.25, 0.3) is 0 Å². The molecule has 7 heteroatoms. The lowest BCUT2D eigenvalue weighted by molar-refractivity contribution is -0.136. The van der Waals surface area contributed by atoms with Gasteiger partial charge in [-0.3, -0.25) is 4.79 Å². The van der Waals surface area contributed by atoms with E-state index in [1.807, 2.05) is 0 Å². The summed E-state index contributed by atoms with van der Waals surface area (Å²) in [5.74, 6) is -0.463. The van der Waals surface area contributed by atoms with Gasteiger partial charge in [0.15, 0.2) is 5.16 Å². The van der Waals surface area contributed by atoms with Crippen LogP contribution in [-0.2, 0) is 4.79 Å². The first kappa shape index (κ1) is 10.6. The zero-order chi connectivity index (χ0) is 10.7. The molecule has 0 spiro atoms. The van der Waals surface area contributed by atoms with E-state index < -0.39 is 11.2 Å². The van der Waals surface area contributed by atoms with E-state index in [1.165, 1.54) is 13.0 Å². The van der Waals surface area contributed by atoms with Crippen LogP contribution in [0, 0.1) is 0 Å². The van der Waals surface area contributed by atoms with Crippen LogP contribution in [-0.4, -0.2) is 26.3 Å². The Morgan fingerprint density at radius 2 is 2.00 bits per heavy atom. The number of nitrogens with two attached hydrogens (primary N) is 2. The molecule has 6 nitrogen and oxygen atoms in total. The predicted octanol–water partition coefficient (Wildman–Crippen LogP) is 0.206. The molecule has 0 bridgehead atoms. The van der Waals surface area contributed by atoms with E-state index >= 15 is 0 Å². The Hall–Kier alpha value is -1.50. The minimum absolute atomic E-state index is 0.234. The Morgan fingerprint density at radius 1 is 1.50 bits per heavy atom. The van der Waals surface area contributed by atoms with E-state index in [0.29, 0.717) is 0 Å². The van der Waals surface area contributed by atoms with Gasteiger partial charge in [0.05, 0.1) is 0 Å². The van der Waals surface area contributed by atoms with Crippen molar-refractivity contribution < 1.29 is 9.90 Å². The lowest BCUT2D eigenvalue weighted by atomic mass is 10.5. The molecule has 0 aliphatic rings. The molecule has 1 atom stereocenters. The molecule has 0 aliphatic heterocycles. The Morgan fingerprint density at radius 3 is 2.43 bits per heavy atom. The molecule has 0 saturated carbocycles. The van der Waals surface area contributed by atoms with Gasteiger partial charge in [-0.1, -0.05) is 11.8 Å². The van der Waals surface area contributed by atoms with Crippen LogP contribution in [0.25, 0.3) is 0 Å². The summed E-state index contributed by atoms with van der Waals surface area (Å²) in [5, 5.41) is 8.29. The fourth-order valence-corrected chi connectivity index (χ4v) is 1.46. The quantitative estimate of drug-likeness (QED) is 0.486. The number of aliphatic carboxylic acids is 1. The molecule has 5 N–H and O–H groups in total. The number of aromatic nitrogens is 2. The molecule has 0 radical (unpaired) electrons. The van der Waals surface area contributed by atoms with Gasteiger partial charge in [-0.05, 0) is 6.92 Å². The number of carboxylic acid groups (broad SMARTS) is 1.